The highest BCUT2D eigenvalue weighted by atomic mass is 19.3. The molecule has 30 heavy (non-hydrogen) atoms. The van der Waals surface area contributed by atoms with Crippen LogP contribution in [-0.4, -0.2) is 30.3 Å². The molecular formula is C22H22F3N3O2. The molecule has 1 atom stereocenters. The smallest absolute Gasteiger partial charge is 0.266 e. The zero-order chi connectivity index (χ0) is 21.5. The van der Waals surface area contributed by atoms with Crippen molar-refractivity contribution >= 4 is 16.6 Å². The van der Waals surface area contributed by atoms with E-state index >= 15 is 0 Å². The fourth-order valence-corrected chi connectivity index (χ4v) is 3.77. The van der Waals surface area contributed by atoms with Crippen LogP contribution in [0.2, 0.25) is 0 Å². The van der Waals surface area contributed by atoms with Gasteiger partial charge in [0.2, 0.25) is 0 Å². The largest absolute Gasteiger partial charge is 0.496 e. The average Bonchev–Trinajstić information content (AvgIpc) is 2.71. The number of hydrogen-bond donors (Lipinski definition) is 3. The predicted molar refractivity (Wildman–Crippen MR) is 108 cm³/mol. The number of β-amino-alcohol motifs (C(OH)–C–C–N with tert-alkyl or cyclic N) is 1. The number of nitrogens with one attached hydrogen (secondary N) is 2. The lowest BCUT2D eigenvalue weighted by molar-refractivity contribution is -0.0163. The number of halogens is 3. The molecule has 3 N–H and O–H groups in total. The highest BCUT2D eigenvalue weighted by Gasteiger charge is 2.39. The van der Waals surface area contributed by atoms with E-state index in [1.54, 1.807) is 25.3 Å². The van der Waals surface area contributed by atoms with E-state index in [0.29, 0.717) is 41.0 Å². The van der Waals surface area contributed by atoms with Gasteiger partial charge in [0.25, 0.3) is 6.43 Å². The number of nitrogens with zero attached hydrogens (tertiary/aromatic N) is 1. The maximum atomic E-state index is 14.6. The number of pyridine rings is 1. The van der Waals surface area contributed by atoms with Crippen LogP contribution in [0, 0.1) is 5.82 Å². The number of fused-ring (bicyclic) bond motifs is 1. The van der Waals surface area contributed by atoms with E-state index in [-0.39, 0.29) is 5.56 Å². The number of ether oxygens (including phenoxy) is 1. The second kappa shape index (κ2) is 7.77. The van der Waals surface area contributed by atoms with Crippen molar-refractivity contribution in [2.45, 2.75) is 25.0 Å². The Hall–Kier alpha value is -2.84. The number of anilines is 1. The molecule has 1 fully saturated rings. The number of alkyl halides is 2. The lowest BCUT2D eigenvalue weighted by Crippen LogP contribution is -2.56. The summed E-state index contributed by atoms with van der Waals surface area (Å²) in [6.45, 7) is 2.51. The molecule has 0 unspecified atom stereocenters. The molecular weight excluding hydrogens is 395 g/mol. The van der Waals surface area contributed by atoms with Gasteiger partial charge in [-0.15, -0.1) is 0 Å². The summed E-state index contributed by atoms with van der Waals surface area (Å²) >= 11 is 0. The number of benzene rings is 2. The maximum Gasteiger partial charge on any atom is 0.266 e. The van der Waals surface area contributed by atoms with Crippen LogP contribution >= 0.6 is 0 Å². The lowest BCUT2D eigenvalue weighted by Gasteiger charge is -2.38. The second-order valence-corrected chi connectivity index (χ2v) is 7.48. The van der Waals surface area contributed by atoms with E-state index < -0.39 is 29.4 Å². The van der Waals surface area contributed by atoms with Gasteiger partial charge >= 0.3 is 0 Å². The van der Waals surface area contributed by atoms with Crippen LogP contribution in [-0.2, 0) is 5.60 Å². The number of rotatable bonds is 6. The van der Waals surface area contributed by atoms with Crippen molar-refractivity contribution in [3.63, 3.8) is 0 Å². The van der Waals surface area contributed by atoms with Crippen LogP contribution in [0.15, 0.2) is 42.6 Å². The van der Waals surface area contributed by atoms with Crippen molar-refractivity contribution in [3.05, 3.63) is 65.1 Å². The average molecular weight is 417 g/mol. The zero-order valence-corrected chi connectivity index (χ0v) is 16.5. The van der Waals surface area contributed by atoms with Crippen molar-refractivity contribution < 1.29 is 23.0 Å². The standard InChI is InChI=1S/C22H22F3N3O2/c1-12(13-4-3-5-14(20(13)23)21(24)25)28-17-6-7-27-18-9-19(30-2)16(8-15(17)18)22(29)10-26-11-22/h3-9,12,21,26,29H,10-11H2,1-2H3,(H,27,28)/t12-/m1/s1. The SMILES string of the molecule is COc1cc2nccc(N[C@H](C)c3cccc(C(F)F)c3F)c2cc1C1(O)CNC1. The molecule has 0 spiro atoms. The molecule has 4 rings (SSSR count). The van der Waals surface area contributed by atoms with Gasteiger partial charge in [-0.2, -0.15) is 0 Å². The molecule has 0 bridgehead atoms. The van der Waals surface area contributed by atoms with Crippen molar-refractivity contribution in [2.75, 3.05) is 25.5 Å². The third-order valence-electron chi connectivity index (χ3n) is 5.53. The summed E-state index contributed by atoms with van der Waals surface area (Å²) in [4.78, 5) is 4.36. The van der Waals surface area contributed by atoms with Gasteiger partial charge in [-0.3, -0.25) is 4.98 Å². The normalized spacial score (nSPS) is 16.4. The summed E-state index contributed by atoms with van der Waals surface area (Å²) < 4.78 is 46.1. The molecule has 1 aromatic heterocycles. The molecule has 2 heterocycles. The Kier molecular flexibility index (Phi) is 5.29. The number of methoxy groups -OCH3 is 1. The van der Waals surface area contributed by atoms with Crippen LogP contribution < -0.4 is 15.4 Å². The maximum absolute atomic E-state index is 14.6. The number of aliphatic hydroxyl groups is 1. The molecule has 1 aliphatic heterocycles. The van der Waals surface area contributed by atoms with Gasteiger partial charge in [0.15, 0.2) is 0 Å². The van der Waals surface area contributed by atoms with Gasteiger partial charge in [-0.05, 0) is 19.1 Å². The molecule has 5 nitrogen and oxygen atoms in total. The molecule has 0 saturated carbocycles. The van der Waals surface area contributed by atoms with Crippen molar-refractivity contribution in [1.82, 2.24) is 10.3 Å². The van der Waals surface area contributed by atoms with Crippen LogP contribution in [0.3, 0.4) is 0 Å². The Morgan fingerprint density at radius 3 is 2.57 bits per heavy atom. The monoisotopic (exact) mass is 417 g/mol. The van der Waals surface area contributed by atoms with Crippen molar-refractivity contribution in [2.24, 2.45) is 0 Å². The predicted octanol–water partition coefficient (Wildman–Crippen LogP) is 4.28. The minimum absolute atomic E-state index is 0.147. The summed E-state index contributed by atoms with van der Waals surface area (Å²) in [6, 6.07) is 8.70. The summed E-state index contributed by atoms with van der Waals surface area (Å²) in [5, 5.41) is 17.8. The van der Waals surface area contributed by atoms with Crippen molar-refractivity contribution in [1.29, 1.82) is 0 Å². The first-order valence-electron chi connectivity index (χ1n) is 9.57. The summed E-state index contributed by atoms with van der Waals surface area (Å²) in [5.41, 5.74) is 0.391. The first kappa shape index (κ1) is 20.4. The minimum atomic E-state index is -2.88. The molecule has 3 aromatic rings. The first-order valence-corrected chi connectivity index (χ1v) is 9.57. The third kappa shape index (κ3) is 3.46. The van der Waals surface area contributed by atoms with Gasteiger partial charge < -0.3 is 20.5 Å². The van der Waals surface area contributed by atoms with Gasteiger partial charge in [0.05, 0.1) is 24.2 Å². The summed E-state index contributed by atoms with van der Waals surface area (Å²) in [5.74, 6) is -0.386. The lowest BCUT2D eigenvalue weighted by atomic mass is 9.86. The van der Waals surface area contributed by atoms with E-state index in [4.69, 9.17) is 4.74 Å². The Bertz CT molecular complexity index is 1090. The van der Waals surface area contributed by atoms with E-state index in [1.165, 1.54) is 19.2 Å². The van der Waals surface area contributed by atoms with E-state index in [9.17, 15) is 18.3 Å². The number of aromatic nitrogens is 1. The van der Waals surface area contributed by atoms with Gasteiger partial charge in [-0.25, -0.2) is 13.2 Å². The minimum Gasteiger partial charge on any atom is -0.496 e. The van der Waals surface area contributed by atoms with E-state index in [1.807, 2.05) is 6.07 Å². The van der Waals surface area contributed by atoms with E-state index in [0.717, 1.165) is 6.07 Å². The third-order valence-corrected chi connectivity index (χ3v) is 5.53. The Labute approximate surface area is 171 Å². The molecule has 8 heteroatoms. The Morgan fingerprint density at radius 1 is 1.20 bits per heavy atom. The molecule has 0 aliphatic carbocycles. The Balaban J connectivity index is 1.75. The van der Waals surface area contributed by atoms with Crippen molar-refractivity contribution in [3.8, 4) is 5.75 Å². The molecule has 2 aromatic carbocycles. The topological polar surface area (TPSA) is 66.4 Å². The molecule has 1 aliphatic rings. The number of hydrogen-bond acceptors (Lipinski definition) is 5. The van der Waals surface area contributed by atoms with Gasteiger partial charge in [0, 0.05) is 47.6 Å². The fourth-order valence-electron chi connectivity index (χ4n) is 3.77. The first-order chi connectivity index (χ1) is 14.3. The quantitative estimate of drug-likeness (QED) is 0.559. The van der Waals surface area contributed by atoms with E-state index in [2.05, 4.69) is 15.6 Å². The second-order valence-electron chi connectivity index (χ2n) is 7.48. The fraction of sp³-hybridized carbons (Fsp3) is 0.318. The van der Waals surface area contributed by atoms with Crippen LogP contribution in [0.1, 0.15) is 36.1 Å². The van der Waals surface area contributed by atoms with Crippen LogP contribution in [0.5, 0.6) is 5.75 Å². The van der Waals surface area contributed by atoms with Gasteiger partial charge in [-0.1, -0.05) is 18.2 Å². The molecule has 0 radical (unpaired) electrons. The molecule has 158 valence electrons. The molecule has 0 amide bonds. The highest BCUT2D eigenvalue weighted by Crippen LogP contribution is 2.38. The Morgan fingerprint density at radius 2 is 1.93 bits per heavy atom. The molecule has 1 saturated heterocycles. The highest BCUT2D eigenvalue weighted by molar-refractivity contribution is 5.93. The van der Waals surface area contributed by atoms with Crippen LogP contribution in [0.4, 0.5) is 18.9 Å². The summed E-state index contributed by atoms with van der Waals surface area (Å²) in [7, 11) is 1.53. The summed E-state index contributed by atoms with van der Waals surface area (Å²) in [6.07, 6.45) is -1.28. The zero-order valence-electron chi connectivity index (χ0n) is 16.5. The van der Waals surface area contributed by atoms with Crippen LogP contribution in [0.25, 0.3) is 10.9 Å². The van der Waals surface area contributed by atoms with Gasteiger partial charge in [0.1, 0.15) is 17.2 Å².